The summed E-state index contributed by atoms with van der Waals surface area (Å²) < 4.78 is 47.9. The van der Waals surface area contributed by atoms with Gasteiger partial charge in [0.25, 0.3) is 0 Å². The Hall–Kier alpha value is -0.680. The predicted octanol–water partition coefficient (Wildman–Crippen LogP) is 1.09. The third kappa shape index (κ3) is 3.27. The lowest BCUT2D eigenvalue weighted by atomic mass is 10.0. The summed E-state index contributed by atoms with van der Waals surface area (Å²) in [5, 5.41) is 4.39. The van der Waals surface area contributed by atoms with Crippen molar-refractivity contribution in [2.75, 3.05) is 12.4 Å². The fourth-order valence-corrected chi connectivity index (χ4v) is 7.20. The highest BCUT2D eigenvalue weighted by atomic mass is 35.5. The first-order valence-electron chi connectivity index (χ1n) is 6.79. The zero-order valence-electron chi connectivity index (χ0n) is 12.5. The Balaban J connectivity index is 2.67. The minimum atomic E-state index is -4.02. The van der Waals surface area contributed by atoms with E-state index in [1.807, 2.05) is 0 Å². The summed E-state index contributed by atoms with van der Waals surface area (Å²) >= 11 is 6.25. The van der Waals surface area contributed by atoms with Gasteiger partial charge in [-0.1, -0.05) is 0 Å². The van der Waals surface area contributed by atoms with E-state index in [9.17, 15) is 21.6 Å². The van der Waals surface area contributed by atoms with Crippen LogP contribution in [-0.4, -0.2) is 45.3 Å². The van der Waals surface area contributed by atoms with Crippen LogP contribution in [0.3, 0.4) is 0 Å². The number of carbonyl (C=O) groups is 1. The van der Waals surface area contributed by atoms with Gasteiger partial charge >= 0.3 is 0 Å². The number of nitrogens with zero attached hydrogens (tertiary/aromatic N) is 1. The Morgan fingerprint density at radius 2 is 2.13 bits per heavy atom. The predicted molar refractivity (Wildman–Crippen MR) is 87.8 cm³/mol. The van der Waals surface area contributed by atoms with Crippen LogP contribution in [0.4, 0.5) is 0 Å². The number of amides is 1. The van der Waals surface area contributed by atoms with Crippen molar-refractivity contribution in [3.8, 4) is 0 Å². The molecule has 130 valence electrons. The van der Waals surface area contributed by atoms with Crippen molar-refractivity contribution in [1.29, 1.82) is 0 Å². The summed E-state index contributed by atoms with van der Waals surface area (Å²) in [5.41, 5.74) is 0.303. The molecule has 1 aliphatic heterocycles. The van der Waals surface area contributed by atoms with Crippen LogP contribution in [0.25, 0.3) is 0 Å². The molecule has 0 fully saturated rings. The van der Waals surface area contributed by atoms with Crippen molar-refractivity contribution in [3.05, 3.63) is 11.6 Å². The molecule has 2 heterocycles. The third-order valence-corrected chi connectivity index (χ3v) is 9.38. The van der Waals surface area contributed by atoms with Gasteiger partial charge in [-0.2, -0.15) is 0 Å². The summed E-state index contributed by atoms with van der Waals surface area (Å²) in [6.45, 7) is 3.63. The molecule has 2 atom stereocenters. The zero-order chi connectivity index (χ0) is 17.6. The average molecular weight is 401 g/mol. The number of sulfone groups is 1. The van der Waals surface area contributed by atoms with Gasteiger partial charge in [-0.15, -0.1) is 22.9 Å². The summed E-state index contributed by atoms with van der Waals surface area (Å²) in [4.78, 5) is 13.5. The van der Waals surface area contributed by atoms with Crippen molar-refractivity contribution in [2.45, 2.75) is 40.0 Å². The van der Waals surface area contributed by atoms with E-state index in [0.717, 1.165) is 0 Å². The van der Waals surface area contributed by atoms with Gasteiger partial charge in [-0.05, 0) is 26.3 Å². The molecular formula is C12H17ClN2O5S3. The number of nitrogens with two attached hydrogens (primary N) is 1. The molecule has 0 radical (unpaired) electrons. The molecular weight excluding hydrogens is 384 g/mol. The van der Waals surface area contributed by atoms with Crippen molar-refractivity contribution in [1.82, 2.24) is 4.90 Å². The fourth-order valence-electron chi connectivity index (χ4n) is 2.65. The molecule has 0 aromatic carbocycles. The summed E-state index contributed by atoms with van der Waals surface area (Å²) in [7, 11) is -7.66. The van der Waals surface area contributed by atoms with Gasteiger partial charge in [0.2, 0.25) is 15.9 Å². The lowest BCUT2D eigenvalue weighted by Crippen LogP contribution is -2.40. The smallest absolute Gasteiger partial charge is 0.247 e. The first kappa shape index (κ1) is 18.7. The molecule has 1 aliphatic rings. The maximum Gasteiger partial charge on any atom is 0.247 e. The van der Waals surface area contributed by atoms with Crippen LogP contribution < -0.4 is 5.14 Å². The van der Waals surface area contributed by atoms with Gasteiger partial charge in [0, 0.05) is 12.1 Å². The standard InChI is InChI=1S/C12H17ClN2O5S3/c1-3-15(10(16)6-13)9-4-7(2)22(17,18)12-8(9)5-11(21-12)23(14,19)20/h5,7,9H,3-4,6H2,1-2H3,(H2,14,19,20)/t7-,9-/m1/s1. The molecule has 0 spiro atoms. The minimum absolute atomic E-state index is 0.0360. The molecule has 1 amide bonds. The normalized spacial score (nSPS) is 23.3. The van der Waals surface area contributed by atoms with Gasteiger partial charge in [0.05, 0.1) is 11.3 Å². The average Bonchev–Trinajstić information content (AvgIpc) is 2.91. The highest BCUT2D eigenvalue weighted by molar-refractivity contribution is 7.95. The van der Waals surface area contributed by atoms with Crippen LogP contribution in [0.15, 0.2) is 14.5 Å². The van der Waals surface area contributed by atoms with Crippen molar-refractivity contribution in [2.24, 2.45) is 5.14 Å². The van der Waals surface area contributed by atoms with Crippen molar-refractivity contribution >= 4 is 48.7 Å². The second kappa shape index (κ2) is 6.32. The second-order valence-electron chi connectivity index (χ2n) is 5.27. The maximum atomic E-state index is 12.5. The van der Waals surface area contributed by atoms with Gasteiger partial charge in [-0.3, -0.25) is 4.79 Å². The Morgan fingerprint density at radius 3 is 2.61 bits per heavy atom. The number of alkyl halides is 1. The van der Waals surface area contributed by atoms with Crippen LogP contribution in [0.5, 0.6) is 0 Å². The highest BCUT2D eigenvalue weighted by Crippen LogP contribution is 2.44. The Labute approximate surface area is 144 Å². The summed E-state index contributed by atoms with van der Waals surface area (Å²) in [5.74, 6) is -0.563. The molecule has 1 aromatic rings. The van der Waals surface area contributed by atoms with Crippen LogP contribution in [0.2, 0.25) is 0 Å². The summed E-state index contributed by atoms with van der Waals surface area (Å²) in [6, 6.07) is 0.722. The maximum absolute atomic E-state index is 12.5. The Kier molecular flexibility index (Phi) is 5.13. The molecule has 1 aromatic heterocycles. The fraction of sp³-hybridized carbons (Fsp3) is 0.583. The molecule has 0 bridgehead atoms. The number of rotatable bonds is 4. The molecule has 0 unspecified atom stereocenters. The number of sulfonamides is 1. The van der Waals surface area contributed by atoms with Crippen LogP contribution in [0.1, 0.15) is 31.9 Å². The van der Waals surface area contributed by atoms with E-state index < -0.39 is 31.2 Å². The topological polar surface area (TPSA) is 115 Å². The first-order chi connectivity index (χ1) is 10.5. The Morgan fingerprint density at radius 1 is 1.52 bits per heavy atom. The summed E-state index contributed by atoms with van der Waals surface area (Å²) in [6.07, 6.45) is 0.187. The van der Waals surface area contributed by atoms with Gasteiger partial charge in [-0.25, -0.2) is 22.0 Å². The van der Waals surface area contributed by atoms with Crippen LogP contribution in [-0.2, 0) is 24.7 Å². The zero-order valence-corrected chi connectivity index (χ0v) is 15.7. The van der Waals surface area contributed by atoms with E-state index in [2.05, 4.69) is 0 Å². The molecule has 0 aliphatic carbocycles. The molecule has 7 nitrogen and oxygen atoms in total. The quantitative estimate of drug-likeness (QED) is 0.759. The van der Waals surface area contributed by atoms with Gasteiger partial charge < -0.3 is 4.90 Å². The van der Waals surface area contributed by atoms with Gasteiger partial charge in [0.15, 0.2) is 9.84 Å². The van der Waals surface area contributed by atoms with E-state index in [-0.39, 0.29) is 26.6 Å². The van der Waals surface area contributed by atoms with Crippen LogP contribution >= 0.6 is 22.9 Å². The largest absolute Gasteiger partial charge is 0.335 e. The van der Waals surface area contributed by atoms with E-state index in [1.165, 1.54) is 11.0 Å². The molecule has 2 N–H and O–H groups in total. The van der Waals surface area contributed by atoms with E-state index in [1.54, 1.807) is 13.8 Å². The SMILES string of the molecule is CCN(C(=O)CCl)[C@@H]1C[C@@H](C)S(=O)(=O)c2sc(S(N)(=O)=O)cc21. The molecule has 2 rings (SSSR count). The number of halogens is 1. The molecule has 23 heavy (non-hydrogen) atoms. The second-order valence-corrected chi connectivity index (χ2v) is 10.9. The van der Waals surface area contributed by atoms with E-state index in [4.69, 9.17) is 16.7 Å². The third-order valence-electron chi connectivity index (χ3n) is 3.84. The van der Waals surface area contributed by atoms with Crippen LogP contribution in [0, 0.1) is 0 Å². The number of thiophene rings is 1. The lowest BCUT2D eigenvalue weighted by molar-refractivity contribution is -0.131. The lowest BCUT2D eigenvalue weighted by Gasteiger charge is -2.35. The molecule has 0 saturated heterocycles. The number of fused-ring (bicyclic) bond motifs is 1. The number of hydrogen-bond acceptors (Lipinski definition) is 6. The number of carbonyl (C=O) groups excluding carboxylic acids is 1. The van der Waals surface area contributed by atoms with Gasteiger partial charge in [0.1, 0.15) is 14.3 Å². The van der Waals surface area contributed by atoms with E-state index in [0.29, 0.717) is 23.4 Å². The number of hydrogen-bond donors (Lipinski definition) is 1. The molecule has 0 saturated carbocycles. The number of primary sulfonamides is 1. The molecule has 11 heteroatoms. The minimum Gasteiger partial charge on any atom is -0.335 e. The Bertz CT molecular complexity index is 831. The monoisotopic (exact) mass is 400 g/mol. The first-order valence-corrected chi connectivity index (χ1v) is 11.2. The highest BCUT2D eigenvalue weighted by Gasteiger charge is 2.42. The van der Waals surface area contributed by atoms with Crippen molar-refractivity contribution < 1.29 is 21.6 Å². The van der Waals surface area contributed by atoms with E-state index >= 15 is 0 Å². The van der Waals surface area contributed by atoms with Crippen molar-refractivity contribution in [3.63, 3.8) is 0 Å².